The van der Waals surface area contributed by atoms with Crippen molar-refractivity contribution in [1.29, 1.82) is 0 Å². The molecule has 3 rings (SSSR count). The van der Waals surface area contributed by atoms with Crippen LogP contribution in [-0.4, -0.2) is 55.0 Å². The minimum Gasteiger partial charge on any atom is -0.449 e. The first-order valence-electron chi connectivity index (χ1n) is 10.8. The van der Waals surface area contributed by atoms with Crippen molar-refractivity contribution in [3.8, 4) is 11.1 Å². The molecule has 32 heavy (non-hydrogen) atoms. The van der Waals surface area contributed by atoms with Crippen molar-refractivity contribution < 1.29 is 19.1 Å². The molecule has 3 amide bonds. The number of nitrogens with zero attached hydrogens (tertiary/aromatic N) is 2. The molecule has 8 heteroatoms. The number of hydrogen-bond acceptors (Lipinski definition) is 5. The van der Waals surface area contributed by atoms with E-state index in [9.17, 15) is 14.4 Å². The monoisotopic (exact) mass is 438 g/mol. The Balaban J connectivity index is 1.93. The first-order valence-corrected chi connectivity index (χ1v) is 10.8. The van der Waals surface area contributed by atoms with Gasteiger partial charge in [-0.15, -0.1) is 0 Å². The lowest BCUT2D eigenvalue weighted by molar-refractivity contribution is -0.120. The average molecular weight is 439 g/mol. The summed E-state index contributed by atoms with van der Waals surface area (Å²) in [6, 6.07) is 7.61. The van der Waals surface area contributed by atoms with Crippen molar-refractivity contribution in [1.82, 2.24) is 20.5 Å². The summed E-state index contributed by atoms with van der Waals surface area (Å²) in [5.41, 5.74) is 4.80. The molecule has 2 N–H and O–H groups in total. The second kappa shape index (κ2) is 10.3. The number of aromatic nitrogens is 1. The Hall–Kier alpha value is -3.42. The first-order chi connectivity index (χ1) is 15.3. The molecular weight excluding hydrogens is 408 g/mol. The van der Waals surface area contributed by atoms with Crippen LogP contribution >= 0.6 is 0 Å². The molecule has 0 saturated carbocycles. The Morgan fingerprint density at radius 2 is 1.91 bits per heavy atom. The standard InChI is InChI=1S/C24H30N4O4/c1-15(2)14-32-24(31)28-8-6-17-9-18(11-20(21(17)13-28)23(30)26-4)16-5-7-27-19(10-16)12-22(29)25-3/h5,7,9-11,15H,6,8,12-14H2,1-4H3,(H,25,29)(H,26,30). The quantitative estimate of drug-likeness (QED) is 0.722. The number of carbonyl (C=O) groups excluding carboxylic acids is 3. The summed E-state index contributed by atoms with van der Waals surface area (Å²) >= 11 is 0. The first kappa shape index (κ1) is 23.2. The number of pyridine rings is 1. The zero-order valence-corrected chi connectivity index (χ0v) is 19.0. The Labute approximate surface area is 188 Å². The molecule has 1 aromatic carbocycles. The van der Waals surface area contributed by atoms with Crippen LogP contribution in [0.2, 0.25) is 0 Å². The summed E-state index contributed by atoms with van der Waals surface area (Å²) in [6.45, 7) is 5.20. The maximum atomic E-state index is 12.7. The van der Waals surface area contributed by atoms with Gasteiger partial charge in [0.05, 0.1) is 25.3 Å². The number of nitrogens with one attached hydrogen (secondary N) is 2. The minimum atomic E-state index is -0.357. The van der Waals surface area contributed by atoms with E-state index in [1.807, 2.05) is 32.0 Å². The van der Waals surface area contributed by atoms with E-state index in [-0.39, 0.29) is 30.2 Å². The predicted octanol–water partition coefficient (Wildman–Crippen LogP) is 2.55. The van der Waals surface area contributed by atoms with Crippen LogP contribution in [0.3, 0.4) is 0 Å². The highest BCUT2D eigenvalue weighted by molar-refractivity contribution is 5.97. The summed E-state index contributed by atoms with van der Waals surface area (Å²) in [6.07, 6.45) is 2.12. The van der Waals surface area contributed by atoms with Gasteiger partial charge < -0.3 is 20.3 Å². The summed E-state index contributed by atoms with van der Waals surface area (Å²) in [5.74, 6) is -0.0654. The van der Waals surface area contributed by atoms with Gasteiger partial charge in [0.15, 0.2) is 0 Å². The van der Waals surface area contributed by atoms with Crippen molar-refractivity contribution >= 4 is 17.9 Å². The van der Waals surface area contributed by atoms with Gasteiger partial charge in [-0.1, -0.05) is 19.9 Å². The Morgan fingerprint density at radius 1 is 1.12 bits per heavy atom. The number of fused-ring (bicyclic) bond motifs is 1. The molecule has 0 aliphatic carbocycles. The van der Waals surface area contributed by atoms with Crippen LogP contribution in [0.25, 0.3) is 11.1 Å². The molecular formula is C24H30N4O4. The number of likely N-dealkylation sites (N-methyl/N-ethyl adjacent to an activating group) is 1. The molecule has 0 unspecified atom stereocenters. The number of carbonyl (C=O) groups is 3. The molecule has 1 aliphatic heterocycles. The predicted molar refractivity (Wildman–Crippen MR) is 121 cm³/mol. The number of amides is 3. The van der Waals surface area contributed by atoms with E-state index in [0.717, 1.165) is 22.3 Å². The second-order valence-corrected chi connectivity index (χ2v) is 8.27. The molecule has 1 aromatic heterocycles. The van der Waals surface area contributed by atoms with Gasteiger partial charge in [0, 0.05) is 32.4 Å². The van der Waals surface area contributed by atoms with Crippen LogP contribution in [0.15, 0.2) is 30.5 Å². The summed E-state index contributed by atoms with van der Waals surface area (Å²) < 4.78 is 5.38. The maximum absolute atomic E-state index is 12.7. The third kappa shape index (κ3) is 5.43. The van der Waals surface area contributed by atoms with Crippen LogP contribution in [0, 0.1) is 5.92 Å². The fourth-order valence-electron chi connectivity index (χ4n) is 3.66. The molecule has 2 aromatic rings. The van der Waals surface area contributed by atoms with Gasteiger partial charge in [0.1, 0.15) is 0 Å². The largest absolute Gasteiger partial charge is 0.449 e. The fourth-order valence-corrected chi connectivity index (χ4v) is 3.66. The van der Waals surface area contributed by atoms with Crippen molar-refractivity contribution in [2.45, 2.75) is 33.2 Å². The van der Waals surface area contributed by atoms with E-state index in [4.69, 9.17) is 4.74 Å². The van der Waals surface area contributed by atoms with Crippen LogP contribution < -0.4 is 10.6 Å². The molecule has 0 bridgehead atoms. The average Bonchev–Trinajstić information content (AvgIpc) is 2.80. The molecule has 2 heterocycles. The van der Waals surface area contributed by atoms with Crippen molar-refractivity contribution in [2.75, 3.05) is 27.2 Å². The lowest BCUT2D eigenvalue weighted by Gasteiger charge is -2.30. The molecule has 0 saturated heterocycles. The molecule has 0 spiro atoms. The van der Waals surface area contributed by atoms with E-state index < -0.39 is 0 Å². The fraction of sp³-hybridized carbons (Fsp3) is 0.417. The van der Waals surface area contributed by atoms with Crippen molar-refractivity contribution in [3.63, 3.8) is 0 Å². The highest BCUT2D eigenvalue weighted by Gasteiger charge is 2.26. The Morgan fingerprint density at radius 3 is 2.59 bits per heavy atom. The third-order valence-electron chi connectivity index (χ3n) is 5.38. The topological polar surface area (TPSA) is 101 Å². The molecule has 0 atom stereocenters. The number of hydrogen-bond donors (Lipinski definition) is 2. The molecule has 170 valence electrons. The van der Waals surface area contributed by atoms with Gasteiger partial charge in [-0.2, -0.15) is 0 Å². The van der Waals surface area contributed by atoms with Gasteiger partial charge in [-0.25, -0.2) is 4.79 Å². The highest BCUT2D eigenvalue weighted by atomic mass is 16.6. The number of rotatable bonds is 6. The van der Waals surface area contributed by atoms with E-state index in [1.165, 1.54) is 0 Å². The van der Waals surface area contributed by atoms with Crippen molar-refractivity contribution in [3.05, 3.63) is 52.8 Å². The minimum absolute atomic E-state index is 0.115. The van der Waals surface area contributed by atoms with Crippen LogP contribution in [0.5, 0.6) is 0 Å². The van der Waals surface area contributed by atoms with Crippen LogP contribution in [0.4, 0.5) is 4.79 Å². The molecule has 0 fully saturated rings. The van der Waals surface area contributed by atoms with Gasteiger partial charge >= 0.3 is 6.09 Å². The summed E-state index contributed by atoms with van der Waals surface area (Å²) in [5, 5.41) is 5.30. The van der Waals surface area contributed by atoms with Gasteiger partial charge in [0.25, 0.3) is 5.91 Å². The van der Waals surface area contributed by atoms with Gasteiger partial charge in [-0.05, 0) is 52.8 Å². The normalized spacial score (nSPS) is 12.8. The number of benzene rings is 1. The van der Waals surface area contributed by atoms with Crippen molar-refractivity contribution in [2.24, 2.45) is 5.92 Å². The summed E-state index contributed by atoms with van der Waals surface area (Å²) in [7, 11) is 3.18. The van der Waals surface area contributed by atoms with Crippen LogP contribution in [-0.2, 0) is 28.9 Å². The maximum Gasteiger partial charge on any atom is 0.410 e. The van der Waals surface area contributed by atoms with E-state index in [0.29, 0.717) is 37.4 Å². The Kier molecular flexibility index (Phi) is 7.45. The SMILES string of the molecule is CNC(=O)Cc1cc(-c2cc3c(c(C(=O)NC)c2)CN(C(=O)OCC(C)C)CC3)ccn1. The van der Waals surface area contributed by atoms with E-state index in [2.05, 4.69) is 21.7 Å². The lowest BCUT2D eigenvalue weighted by Crippen LogP contribution is -2.38. The zero-order valence-electron chi connectivity index (χ0n) is 19.0. The third-order valence-corrected chi connectivity index (χ3v) is 5.38. The lowest BCUT2D eigenvalue weighted by atomic mass is 9.90. The van der Waals surface area contributed by atoms with Crippen LogP contribution in [0.1, 0.15) is 41.0 Å². The van der Waals surface area contributed by atoms with Gasteiger partial charge in [-0.3, -0.25) is 14.6 Å². The molecule has 1 aliphatic rings. The zero-order chi connectivity index (χ0) is 23.3. The van der Waals surface area contributed by atoms with Gasteiger partial charge in [0.2, 0.25) is 5.91 Å². The molecule has 8 nitrogen and oxygen atoms in total. The smallest absolute Gasteiger partial charge is 0.410 e. The van der Waals surface area contributed by atoms with E-state index in [1.54, 1.807) is 25.2 Å². The second-order valence-electron chi connectivity index (χ2n) is 8.27. The highest BCUT2D eigenvalue weighted by Crippen LogP contribution is 2.30. The Bertz CT molecular complexity index is 1020. The molecule has 0 radical (unpaired) electrons. The summed E-state index contributed by atoms with van der Waals surface area (Å²) in [4.78, 5) is 42.8. The van der Waals surface area contributed by atoms with E-state index >= 15 is 0 Å². The number of ether oxygens (including phenoxy) is 1.